The van der Waals surface area contributed by atoms with Crippen molar-refractivity contribution in [2.24, 2.45) is 0 Å². The van der Waals surface area contributed by atoms with Crippen molar-refractivity contribution in [3.05, 3.63) is 65.0 Å². The molecule has 1 aromatic carbocycles. The van der Waals surface area contributed by atoms with Crippen LogP contribution in [0.3, 0.4) is 0 Å². The Bertz CT molecular complexity index is 568. The van der Waals surface area contributed by atoms with Gasteiger partial charge in [0.15, 0.2) is 0 Å². The second-order valence-corrected chi connectivity index (χ2v) is 4.82. The minimum absolute atomic E-state index is 0.364. The Kier molecular flexibility index (Phi) is 4.17. The first-order valence-corrected chi connectivity index (χ1v) is 6.29. The predicted molar refractivity (Wildman–Crippen MR) is 68.2 cm³/mol. The Morgan fingerprint density at radius 3 is 1.73 bits per heavy atom. The van der Waals surface area contributed by atoms with E-state index >= 15 is 0 Å². The molecule has 0 amide bonds. The van der Waals surface area contributed by atoms with Crippen LogP contribution in [0.15, 0.2) is 42.6 Å². The van der Waals surface area contributed by atoms with Crippen molar-refractivity contribution >= 4 is 0 Å². The first-order valence-electron chi connectivity index (χ1n) is 6.29. The lowest BCUT2D eigenvalue weighted by molar-refractivity contribution is -0.141. The number of rotatable bonds is 2. The lowest BCUT2D eigenvalue weighted by atomic mass is 9.93. The maximum absolute atomic E-state index is 12.5. The number of pyridine rings is 1. The quantitative estimate of drug-likeness (QED) is 0.687. The summed E-state index contributed by atoms with van der Waals surface area (Å²) in [5, 5.41) is 0. The van der Waals surface area contributed by atoms with Gasteiger partial charge in [-0.05, 0) is 29.3 Å². The van der Waals surface area contributed by atoms with Crippen molar-refractivity contribution in [2.45, 2.75) is 25.2 Å². The van der Waals surface area contributed by atoms with Crippen LogP contribution >= 0.6 is 0 Å². The van der Waals surface area contributed by atoms with E-state index < -0.39 is 23.6 Å². The van der Waals surface area contributed by atoms with Crippen molar-refractivity contribution in [3.8, 4) is 0 Å². The van der Waals surface area contributed by atoms with Crippen molar-refractivity contribution in [2.75, 3.05) is 0 Å². The molecule has 1 nitrogen and oxygen atoms in total. The van der Waals surface area contributed by atoms with Gasteiger partial charge in [-0.2, -0.15) is 26.3 Å². The first kappa shape index (κ1) is 16.3. The van der Waals surface area contributed by atoms with E-state index in [0.717, 1.165) is 24.4 Å². The molecule has 1 heterocycles. The van der Waals surface area contributed by atoms with Gasteiger partial charge in [-0.1, -0.05) is 25.1 Å². The molecule has 0 aliphatic carbocycles. The number of halogens is 6. The zero-order valence-electron chi connectivity index (χ0n) is 11.3. The van der Waals surface area contributed by atoms with Gasteiger partial charge in [-0.15, -0.1) is 0 Å². The van der Waals surface area contributed by atoms with Gasteiger partial charge in [0.1, 0.15) is 5.69 Å². The molecule has 2 aromatic rings. The molecule has 118 valence electrons. The Labute approximate surface area is 122 Å². The largest absolute Gasteiger partial charge is 0.433 e. The van der Waals surface area contributed by atoms with E-state index in [0.29, 0.717) is 11.1 Å². The topological polar surface area (TPSA) is 12.9 Å². The average molecular weight is 319 g/mol. The summed E-state index contributed by atoms with van der Waals surface area (Å²) in [5.74, 6) is -0.364. The molecule has 0 aliphatic heterocycles. The molecule has 0 spiro atoms. The molecule has 2 rings (SSSR count). The highest BCUT2D eigenvalue weighted by atomic mass is 19.4. The summed E-state index contributed by atoms with van der Waals surface area (Å²) in [4.78, 5) is 3.35. The molecule has 0 radical (unpaired) electrons. The fourth-order valence-corrected chi connectivity index (χ4v) is 1.98. The molecule has 1 unspecified atom stereocenters. The summed E-state index contributed by atoms with van der Waals surface area (Å²) >= 11 is 0. The van der Waals surface area contributed by atoms with E-state index in [2.05, 4.69) is 4.98 Å². The Morgan fingerprint density at radius 2 is 1.32 bits per heavy atom. The van der Waals surface area contributed by atoms with E-state index in [-0.39, 0.29) is 5.92 Å². The fourth-order valence-electron chi connectivity index (χ4n) is 1.98. The third kappa shape index (κ3) is 3.58. The molecule has 22 heavy (non-hydrogen) atoms. The van der Waals surface area contributed by atoms with Crippen LogP contribution in [0, 0.1) is 0 Å². The molecule has 0 fully saturated rings. The zero-order chi connectivity index (χ0) is 16.5. The third-order valence-electron chi connectivity index (χ3n) is 3.31. The second-order valence-electron chi connectivity index (χ2n) is 4.82. The van der Waals surface area contributed by atoms with Crippen LogP contribution in [0.5, 0.6) is 0 Å². The average Bonchev–Trinajstić information content (AvgIpc) is 2.45. The number of nitrogens with zero attached hydrogens (tertiary/aromatic N) is 1. The van der Waals surface area contributed by atoms with Crippen LogP contribution in [0.25, 0.3) is 0 Å². The molecule has 1 aromatic heterocycles. The SMILES string of the molecule is CC(c1ccc(C(F)(F)F)cc1)c1ccc(C(F)(F)F)nc1. The van der Waals surface area contributed by atoms with Gasteiger partial charge in [0.25, 0.3) is 0 Å². The van der Waals surface area contributed by atoms with Gasteiger partial charge in [-0.25, -0.2) is 0 Å². The molecule has 7 heteroatoms. The van der Waals surface area contributed by atoms with Crippen LogP contribution in [-0.2, 0) is 12.4 Å². The first-order chi connectivity index (χ1) is 10.1. The Morgan fingerprint density at radius 1 is 0.773 bits per heavy atom. The molecule has 0 saturated heterocycles. The number of aromatic nitrogens is 1. The smallest absolute Gasteiger partial charge is 0.251 e. The van der Waals surface area contributed by atoms with E-state index in [4.69, 9.17) is 0 Å². The summed E-state index contributed by atoms with van der Waals surface area (Å²) in [6.45, 7) is 1.69. The molecular weight excluding hydrogens is 308 g/mol. The number of hydrogen-bond donors (Lipinski definition) is 0. The number of alkyl halides is 6. The highest BCUT2D eigenvalue weighted by Crippen LogP contribution is 2.32. The number of hydrogen-bond acceptors (Lipinski definition) is 1. The van der Waals surface area contributed by atoms with E-state index in [1.165, 1.54) is 18.2 Å². The van der Waals surface area contributed by atoms with Crippen molar-refractivity contribution in [3.63, 3.8) is 0 Å². The maximum atomic E-state index is 12.5. The monoisotopic (exact) mass is 319 g/mol. The number of benzene rings is 1. The van der Waals surface area contributed by atoms with Gasteiger partial charge in [0.05, 0.1) is 5.56 Å². The summed E-state index contributed by atoms with van der Waals surface area (Å²) in [7, 11) is 0. The van der Waals surface area contributed by atoms with Gasteiger partial charge in [-0.3, -0.25) is 4.98 Å². The Balaban J connectivity index is 2.23. The highest BCUT2D eigenvalue weighted by molar-refractivity contribution is 5.33. The maximum Gasteiger partial charge on any atom is 0.433 e. The van der Waals surface area contributed by atoms with E-state index in [1.807, 2.05) is 0 Å². The normalized spacial score (nSPS) is 14.0. The highest BCUT2D eigenvalue weighted by Gasteiger charge is 2.32. The lowest BCUT2D eigenvalue weighted by Crippen LogP contribution is -2.08. The summed E-state index contributed by atoms with van der Waals surface area (Å²) in [5.41, 5.74) is -0.716. The zero-order valence-corrected chi connectivity index (χ0v) is 11.3. The molecule has 1 atom stereocenters. The minimum atomic E-state index is -4.52. The van der Waals surface area contributed by atoms with Crippen molar-refractivity contribution in [1.29, 1.82) is 0 Å². The van der Waals surface area contributed by atoms with Crippen molar-refractivity contribution < 1.29 is 26.3 Å². The van der Waals surface area contributed by atoms with Crippen LogP contribution in [0.1, 0.15) is 35.2 Å². The molecule has 0 N–H and O–H groups in total. The van der Waals surface area contributed by atoms with Crippen LogP contribution < -0.4 is 0 Å². The minimum Gasteiger partial charge on any atom is -0.251 e. The van der Waals surface area contributed by atoms with Crippen LogP contribution in [0.4, 0.5) is 26.3 Å². The predicted octanol–water partition coefficient (Wildman–Crippen LogP) is 5.27. The van der Waals surface area contributed by atoms with Gasteiger partial charge < -0.3 is 0 Å². The fraction of sp³-hybridized carbons (Fsp3) is 0.267. The molecule has 0 aliphatic rings. The molecular formula is C15H11F6N. The van der Waals surface area contributed by atoms with E-state index in [1.54, 1.807) is 6.92 Å². The second kappa shape index (κ2) is 5.62. The van der Waals surface area contributed by atoms with Gasteiger partial charge >= 0.3 is 12.4 Å². The lowest BCUT2D eigenvalue weighted by Gasteiger charge is -2.14. The van der Waals surface area contributed by atoms with E-state index in [9.17, 15) is 26.3 Å². The molecule has 0 bridgehead atoms. The van der Waals surface area contributed by atoms with Gasteiger partial charge in [0, 0.05) is 12.1 Å². The van der Waals surface area contributed by atoms with Crippen molar-refractivity contribution in [1.82, 2.24) is 4.98 Å². The molecule has 0 saturated carbocycles. The van der Waals surface area contributed by atoms with Gasteiger partial charge in [0.2, 0.25) is 0 Å². The van der Waals surface area contributed by atoms with Crippen LogP contribution in [-0.4, -0.2) is 4.98 Å². The summed E-state index contributed by atoms with van der Waals surface area (Å²) < 4.78 is 74.7. The standard InChI is InChI=1S/C15H11F6N/c1-9(10-2-5-12(6-3-10)14(16,17)18)11-4-7-13(22-8-11)15(19,20)21/h2-9H,1H3. The summed E-state index contributed by atoms with van der Waals surface area (Å²) in [6, 6.07) is 6.65. The Hall–Kier alpha value is -2.05. The summed E-state index contributed by atoms with van der Waals surface area (Å²) in [6.07, 6.45) is -7.85. The van der Waals surface area contributed by atoms with Crippen LogP contribution in [0.2, 0.25) is 0 Å². The third-order valence-corrected chi connectivity index (χ3v) is 3.31.